The molecule has 1 unspecified atom stereocenters. The molecular weight excluding hydrogens is 568 g/mol. The molecule has 1 N–H and O–H groups in total. The lowest BCUT2D eigenvalue weighted by atomic mass is 9.81. The van der Waals surface area contributed by atoms with Gasteiger partial charge in [0.25, 0.3) is 0 Å². The summed E-state index contributed by atoms with van der Waals surface area (Å²) in [6.07, 6.45) is 3.26. The fraction of sp³-hybridized carbons (Fsp3) is 0.229. The summed E-state index contributed by atoms with van der Waals surface area (Å²) >= 11 is 0. The third kappa shape index (κ3) is 5.28. The zero-order valence-electron chi connectivity index (χ0n) is 25.6. The van der Waals surface area contributed by atoms with Crippen molar-refractivity contribution in [2.24, 2.45) is 5.41 Å². The van der Waals surface area contributed by atoms with Gasteiger partial charge in [0.15, 0.2) is 0 Å². The minimum absolute atomic E-state index is 0.0347. The quantitative estimate of drug-likeness (QED) is 0.229. The van der Waals surface area contributed by atoms with Crippen molar-refractivity contribution in [1.82, 2.24) is 15.2 Å². The van der Waals surface area contributed by atoms with E-state index in [0.29, 0.717) is 34.2 Å². The van der Waals surface area contributed by atoms with Gasteiger partial charge >= 0.3 is 0 Å². The van der Waals surface area contributed by atoms with Crippen LogP contribution in [-0.4, -0.2) is 52.6 Å². The number of ether oxygens (including phenoxy) is 1. The van der Waals surface area contributed by atoms with Crippen molar-refractivity contribution in [3.05, 3.63) is 103 Å². The van der Waals surface area contributed by atoms with Crippen molar-refractivity contribution < 1.29 is 19.1 Å². The Hall–Kier alpha value is -5.51. The molecule has 228 valence electrons. The third-order valence-corrected chi connectivity index (χ3v) is 8.21. The van der Waals surface area contributed by atoms with Crippen LogP contribution < -0.4 is 19.4 Å². The maximum atomic E-state index is 14.9. The van der Waals surface area contributed by atoms with E-state index in [4.69, 9.17) is 4.74 Å². The van der Waals surface area contributed by atoms with E-state index in [2.05, 4.69) is 15.2 Å². The Morgan fingerprint density at radius 2 is 1.64 bits per heavy atom. The van der Waals surface area contributed by atoms with E-state index in [0.717, 1.165) is 10.9 Å². The first-order valence-corrected chi connectivity index (χ1v) is 14.8. The molecule has 10 heteroatoms. The van der Waals surface area contributed by atoms with Crippen molar-refractivity contribution >= 4 is 51.4 Å². The third-order valence-electron chi connectivity index (χ3n) is 8.21. The van der Waals surface area contributed by atoms with Crippen molar-refractivity contribution in [3.63, 3.8) is 0 Å². The maximum Gasteiger partial charge on any atom is 0.247 e. The van der Waals surface area contributed by atoms with Gasteiger partial charge in [-0.25, -0.2) is 0 Å². The highest BCUT2D eigenvalue weighted by atomic mass is 16.5. The molecule has 0 aliphatic carbocycles. The van der Waals surface area contributed by atoms with Crippen LogP contribution in [0.5, 0.6) is 5.75 Å². The Balaban J connectivity index is 1.48. The second-order valence-corrected chi connectivity index (χ2v) is 11.5. The number of nitrogens with zero attached hydrogens (tertiary/aromatic N) is 5. The molecule has 3 amide bonds. The smallest absolute Gasteiger partial charge is 0.247 e. The molecule has 45 heavy (non-hydrogen) atoms. The molecule has 10 nitrogen and oxygen atoms in total. The molecule has 6 rings (SSSR count). The number of hydrogen-bond donors (Lipinski definition) is 1. The van der Waals surface area contributed by atoms with Crippen LogP contribution in [0.4, 0.5) is 22.7 Å². The molecule has 1 atom stereocenters. The minimum Gasteiger partial charge on any atom is -0.497 e. The normalized spacial score (nSPS) is 16.6. The number of carbonyl (C=O) groups excluding carboxylic acids is 3. The Kier molecular flexibility index (Phi) is 7.80. The zero-order chi connectivity index (χ0) is 31.7. The van der Waals surface area contributed by atoms with Gasteiger partial charge in [0.05, 0.1) is 35.9 Å². The van der Waals surface area contributed by atoms with E-state index in [1.54, 1.807) is 73.8 Å². The average Bonchev–Trinajstić information content (AvgIpc) is 3.44. The van der Waals surface area contributed by atoms with E-state index in [9.17, 15) is 14.4 Å². The molecule has 5 aromatic rings. The number of pyridine rings is 1. The lowest BCUT2D eigenvalue weighted by molar-refractivity contribution is -0.139. The number of rotatable bonds is 8. The van der Waals surface area contributed by atoms with Crippen molar-refractivity contribution in [2.75, 3.05) is 28.4 Å². The van der Waals surface area contributed by atoms with E-state index in [1.165, 1.54) is 9.80 Å². The van der Waals surface area contributed by atoms with Gasteiger partial charge in [-0.3, -0.25) is 34.3 Å². The fourth-order valence-electron chi connectivity index (χ4n) is 5.97. The Labute approximate surface area is 261 Å². The largest absolute Gasteiger partial charge is 0.497 e. The van der Waals surface area contributed by atoms with Crippen LogP contribution in [-0.2, 0) is 20.8 Å². The number of benzene rings is 3. The van der Waals surface area contributed by atoms with Gasteiger partial charge in [-0.05, 0) is 75.4 Å². The number of fused-ring (bicyclic) bond motifs is 2. The number of H-pyrrole nitrogens is 1. The van der Waals surface area contributed by atoms with Crippen LogP contribution in [0.2, 0.25) is 0 Å². The molecule has 1 aliphatic rings. The van der Waals surface area contributed by atoms with Crippen LogP contribution in [0.1, 0.15) is 26.5 Å². The highest BCUT2D eigenvalue weighted by Crippen LogP contribution is 2.44. The summed E-state index contributed by atoms with van der Waals surface area (Å²) in [5.74, 6) is -0.549. The van der Waals surface area contributed by atoms with Gasteiger partial charge in [-0.15, -0.1) is 0 Å². The van der Waals surface area contributed by atoms with Crippen LogP contribution in [0, 0.1) is 5.41 Å². The number of anilines is 4. The van der Waals surface area contributed by atoms with E-state index in [1.807, 2.05) is 56.3 Å². The van der Waals surface area contributed by atoms with Crippen molar-refractivity contribution in [3.8, 4) is 5.75 Å². The standard InChI is InChI=1S/C35H34N6O4/c1-23(2)40(24-15-17-26(45-4)18-16-24)32(42)22-39-30-13-7-8-14-31(30)41(25-10-9-19-36-21-25)34(44)35(3,33(39)43)20-29-27-11-5-6-12-28(27)37-38-29/h5-19,21,23H,20,22H2,1-4H3,(H,37,38). The van der Waals surface area contributed by atoms with Gasteiger partial charge < -0.3 is 9.64 Å². The molecule has 1 aliphatic heterocycles. The molecule has 0 spiro atoms. The average molecular weight is 603 g/mol. The number of aromatic amines is 1. The first-order chi connectivity index (χ1) is 21.7. The summed E-state index contributed by atoms with van der Waals surface area (Å²) < 4.78 is 5.30. The molecule has 0 saturated heterocycles. The fourth-order valence-corrected chi connectivity index (χ4v) is 5.97. The lowest BCUT2D eigenvalue weighted by Crippen LogP contribution is -2.53. The maximum absolute atomic E-state index is 14.9. The molecule has 0 fully saturated rings. The topological polar surface area (TPSA) is 112 Å². The number of methoxy groups -OCH3 is 1. The van der Waals surface area contributed by atoms with Crippen LogP contribution >= 0.6 is 0 Å². The van der Waals surface area contributed by atoms with Crippen LogP contribution in [0.3, 0.4) is 0 Å². The van der Waals surface area contributed by atoms with Crippen LogP contribution in [0.15, 0.2) is 97.3 Å². The molecule has 3 aromatic carbocycles. The molecule has 3 heterocycles. The summed E-state index contributed by atoms with van der Waals surface area (Å²) in [6.45, 7) is 5.19. The van der Waals surface area contributed by atoms with Gasteiger partial charge in [0.2, 0.25) is 17.7 Å². The highest BCUT2D eigenvalue weighted by Gasteiger charge is 2.51. The van der Waals surface area contributed by atoms with Gasteiger partial charge in [-0.1, -0.05) is 30.3 Å². The summed E-state index contributed by atoms with van der Waals surface area (Å²) in [6, 6.07) is 25.2. The Bertz CT molecular complexity index is 1870. The molecule has 2 aromatic heterocycles. The lowest BCUT2D eigenvalue weighted by Gasteiger charge is -2.33. The second-order valence-electron chi connectivity index (χ2n) is 11.5. The van der Waals surface area contributed by atoms with E-state index < -0.39 is 17.2 Å². The summed E-state index contributed by atoms with van der Waals surface area (Å²) in [5.41, 5.74) is 1.88. The number of hydrogen-bond acceptors (Lipinski definition) is 6. The van der Waals surface area contributed by atoms with Gasteiger partial charge in [-0.2, -0.15) is 5.10 Å². The SMILES string of the molecule is COc1ccc(N(C(=O)CN2C(=O)C(C)(Cc3[nH]nc4ccccc34)C(=O)N(c3cccnc3)c3ccccc32)C(C)C)cc1. The molecule has 0 radical (unpaired) electrons. The number of amides is 3. The molecule has 0 saturated carbocycles. The Morgan fingerprint density at radius 3 is 2.33 bits per heavy atom. The van der Waals surface area contributed by atoms with Crippen molar-refractivity contribution in [2.45, 2.75) is 33.2 Å². The molecular formula is C35H34N6O4. The van der Waals surface area contributed by atoms with E-state index >= 15 is 0 Å². The van der Waals surface area contributed by atoms with Gasteiger partial charge in [0.1, 0.15) is 17.7 Å². The Morgan fingerprint density at radius 1 is 0.933 bits per heavy atom. The van der Waals surface area contributed by atoms with Crippen LogP contribution in [0.25, 0.3) is 10.9 Å². The zero-order valence-corrected chi connectivity index (χ0v) is 25.6. The first-order valence-electron chi connectivity index (χ1n) is 14.8. The summed E-state index contributed by atoms with van der Waals surface area (Å²) in [4.78, 5) is 52.7. The number of nitrogens with one attached hydrogen (secondary N) is 1. The predicted molar refractivity (Wildman–Crippen MR) is 174 cm³/mol. The van der Waals surface area contributed by atoms with Gasteiger partial charge in [0, 0.05) is 35.4 Å². The summed E-state index contributed by atoms with van der Waals surface area (Å²) in [5, 5.41) is 8.28. The second kappa shape index (κ2) is 11.9. The summed E-state index contributed by atoms with van der Waals surface area (Å²) in [7, 11) is 1.59. The molecule has 0 bridgehead atoms. The minimum atomic E-state index is -1.62. The van der Waals surface area contributed by atoms with E-state index in [-0.39, 0.29) is 24.9 Å². The first kappa shape index (κ1) is 29.6. The number of carbonyl (C=O) groups is 3. The number of para-hydroxylation sites is 3. The highest BCUT2D eigenvalue weighted by molar-refractivity contribution is 6.24. The monoisotopic (exact) mass is 602 g/mol. The number of aromatic nitrogens is 3. The van der Waals surface area contributed by atoms with Crippen molar-refractivity contribution in [1.29, 1.82) is 0 Å². The predicted octanol–water partition coefficient (Wildman–Crippen LogP) is 5.67.